The number of aliphatic hydroxyl groups excluding tert-OH is 1. The van der Waals surface area contributed by atoms with Crippen LogP contribution in [0.1, 0.15) is 24.2 Å². The lowest BCUT2D eigenvalue weighted by molar-refractivity contribution is -0.135. The highest BCUT2D eigenvalue weighted by Crippen LogP contribution is 2.30. The minimum Gasteiger partial charge on any atom is -0.493 e. The maximum atomic E-state index is 13.8. The van der Waals surface area contributed by atoms with Gasteiger partial charge in [0.15, 0.2) is 11.5 Å². The number of nitrogens with zero attached hydrogens (tertiary/aromatic N) is 1. The average Bonchev–Trinajstić information content (AvgIpc) is 2.68. The first-order chi connectivity index (χ1) is 12.9. The molecule has 1 N–H and O–H groups in total. The molecule has 2 aromatic carbocycles. The Morgan fingerprint density at radius 1 is 1.15 bits per heavy atom. The van der Waals surface area contributed by atoms with Gasteiger partial charge in [0.2, 0.25) is 5.91 Å². The molecule has 0 saturated carbocycles. The quantitative estimate of drug-likeness (QED) is 0.770. The molecule has 146 valence electrons. The monoisotopic (exact) mass is 375 g/mol. The van der Waals surface area contributed by atoms with Gasteiger partial charge >= 0.3 is 0 Å². The molecule has 2 rings (SSSR count). The number of aliphatic hydroxyl groups is 1. The first kappa shape index (κ1) is 20.7. The van der Waals surface area contributed by atoms with Gasteiger partial charge in [-0.15, -0.1) is 0 Å². The second-order valence-corrected chi connectivity index (χ2v) is 6.55. The highest BCUT2D eigenvalue weighted by atomic mass is 19.1. The van der Waals surface area contributed by atoms with Crippen LogP contribution in [0, 0.1) is 11.7 Å². The zero-order valence-electron chi connectivity index (χ0n) is 16.1. The van der Waals surface area contributed by atoms with E-state index in [0.717, 1.165) is 0 Å². The molecule has 2 aromatic rings. The number of ether oxygens (including phenoxy) is 2. The molecule has 6 heteroatoms. The standard InChI is InChI=1S/C21H26FNO4/c1-14(11-15-7-5-6-8-17(15)22)21(25)23(2)13-18(24)16-9-10-19(26-3)20(12-16)27-4/h5-10,12,14,18,24H,11,13H2,1-4H3. The third kappa shape index (κ3) is 5.20. The number of carbonyl (C=O) groups excluding carboxylic acids is 1. The van der Waals surface area contributed by atoms with E-state index in [1.807, 2.05) is 0 Å². The summed E-state index contributed by atoms with van der Waals surface area (Å²) in [6, 6.07) is 11.6. The molecule has 0 aliphatic heterocycles. The van der Waals surface area contributed by atoms with Crippen LogP contribution >= 0.6 is 0 Å². The van der Waals surface area contributed by atoms with Crippen molar-refractivity contribution in [3.8, 4) is 11.5 Å². The van der Waals surface area contributed by atoms with Gasteiger partial charge in [-0.25, -0.2) is 4.39 Å². The molecule has 0 aromatic heterocycles. The van der Waals surface area contributed by atoms with Gasteiger partial charge in [-0.3, -0.25) is 4.79 Å². The van der Waals surface area contributed by atoms with Crippen LogP contribution in [0.4, 0.5) is 4.39 Å². The fourth-order valence-corrected chi connectivity index (χ4v) is 2.97. The van der Waals surface area contributed by atoms with Crippen LogP contribution in [0.25, 0.3) is 0 Å². The maximum absolute atomic E-state index is 13.8. The molecule has 2 unspecified atom stereocenters. The summed E-state index contributed by atoms with van der Waals surface area (Å²) in [5.74, 6) is 0.208. The summed E-state index contributed by atoms with van der Waals surface area (Å²) in [6.45, 7) is 1.88. The van der Waals surface area contributed by atoms with E-state index in [9.17, 15) is 14.3 Å². The number of rotatable bonds is 8. The van der Waals surface area contributed by atoms with Crippen molar-refractivity contribution in [2.45, 2.75) is 19.4 Å². The van der Waals surface area contributed by atoms with E-state index in [2.05, 4.69) is 0 Å². The minimum absolute atomic E-state index is 0.121. The Hall–Kier alpha value is -2.60. The number of likely N-dealkylation sites (N-methyl/N-ethyl adjacent to an activating group) is 1. The van der Waals surface area contributed by atoms with Crippen LogP contribution in [0.15, 0.2) is 42.5 Å². The largest absolute Gasteiger partial charge is 0.493 e. The van der Waals surface area contributed by atoms with Crippen molar-refractivity contribution in [1.29, 1.82) is 0 Å². The number of methoxy groups -OCH3 is 2. The lowest BCUT2D eigenvalue weighted by Gasteiger charge is -2.24. The summed E-state index contributed by atoms with van der Waals surface area (Å²) in [7, 11) is 4.69. The highest BCUT2D eigenvalue weighted by Gasteiger charge is 2.22. The van der Waals surface area contributed by atoms with Crippen molar-refractivity contribution in [3.63, 3.8) is 0 Å². The molecule has 0 saturated heterocycles. The molecule has 0 fully saturated rings. The first-order valence-corrected chi connectivity index (χ1v) is 8.75. The maximum Gasteiger partial charge on any atom is 0.225 e. The minimum atomic E-state index is -0.876. The van der Waals surface area contributed by atoms with Gasteiger partial charge in [-0.1, -0.05) is 31.2 Å². The molecule has 0 radical (unpaired) electrons. The van der Waals surface area contributed by atoms with E-state index in [1.54, 1.807) is 50.4 Å². The molecule has 1 amide bonds. The smallest absolute Gasteiger partial charge is 0.225 e. The average molecular weight is 375 g/mol. The van der Waals surface area contributed by atoms with Crippen LogP contribution in [-0.2, 0) is 11.2 Å². The first-order valence-electron chi connectivity index (χ1n) is 8.75. The Bertz CT molecular complexity index is 781. The second kappa shape index (κ2) is 9.37. The van der Waals surface area contributed by atoms with Crippen molar-refractivity contribution < 1.29 is 23.8 Å². The van der Waals surface area contributed by atoms with Crippen molar-refractivity contribution in [2.24, 2.45) is 5.92 Å². The number of hydrogen-bond acceptors (Lipinski definition) is 4. The SMILES string of the molecule is COc1ccc(C(O)CN(C)C(=O)C(C)Cc2ccccc2F)cc1OC. The molecule has 2 atom stereocenters. The topological polar surface area (TPSA) is 59.0 Å². The van der Waals surface area contributed by atoms with Crippen molar-refractivity contribution in [3.05, 3.63) is 59.4 Å². The van der Waals surface area contributed by atoms with Gasteiger partial charge < -0.3 is 19.5 Å². The van der Waals surface area contributed by atoms with Crippen LogP contribution in [0.2, 0.25) is 0 Å². The molecule has 0 aliphatic carbocycles. The summed E-state index contributed by atoms with van der Waals surface area (Å²) in [6.07, 6.45) is -0.568. The van der Waals surface area contributed by atoms with E-state index in [4.69, 9.17) is 9.47 Å². The summed E-state index contributed by atoms with van der Waals surface area (Å²) >= 11 is 0. The van der Waals surface area contributed by atoms with E-state index in [1.165, 1.54) is 25.2 Å². The van der Waals surface area contributed by atoms with Gasteiger partial charge in [0.25, 0.3) is 0 Å². The van der Waals surface area contributed by atoms with Gasteiger partial charge in [0, 0.05) is 13.0 Å². The highest BCUT2D eigenvalue weighted by molar-refractivity contribution is 5.78. The normalized spacial score (nSPS) is 13.0. The lowest BCUT2D eigenvalue weighted by Crippen LogP contribution is -2.35. The van der Waals surface area contributed by atoms with E-state index in [-0.39, 0.29) is 18.3 Å². The Labute approximate surface area is 159 Å². The Balaban J connectivity index is 2.01. The number of carbonyl (C=O) groups is 1. The Morgan fingerprint density at radius 3 is 2.44 bits per heavy atom. The summed E-state index contributed by atoms with van der Waals surface area (Å²) in [4.78, 5) is 14.1. The number of hydrogen-bond donors (Lipinski definition) is 1. The molecule has 0 spiro atoms. The fraction of sp³-hybridized carbons (Fsp3) is 0.381. The molecule has 0 heterocycles. The van der Waals surface area contributed by atoms with E-state index in [0.29, 0.717) is 29.0 Å². The van der Waals surface area contributed by atoms with E-state index < -0.39 is 12.0 Å². The van der Waals surface area contributed by atoms with Crippen molar-refractivity contribution in [2.75, 3.05) is 27.8 Å². The Morgan fingerprint density at radius 2 is 1.81 bits per heavy atom. The van der Waals surface area contributed by atoms with E-state index >= 15 is 0 Å². The molecule has 27 heavy (non-hydrogen) atoms. The molecule has 0 aliphatic rings. The third-order valence-electron chi connectivity index (χ3n) is 4.52. The fourth-order valence-electron chi connectivity index (χ4n) is 2.97. The summed E-state index contributed by atoms with van der Waals surface area (Å²) < 4.78 is 24.2. The van der Waals surface area contributed by atoms with Crippen LogP contribution in [0.3, 0.4) is 0 Å². The predicted molar refractivity (Wildman–Crippen MR) is 101 cm³/mol. The summed E-state index contributed by atoms with van der Waals surface area (Å²) in [5.41, 5.74) is 1.13. The summed E-state index contributed by atoms with van der Waals surface area (Å²) in [5, 5.41) is 10.5. The molecule has 5 nitrogen and oxygen atoms in total. The van der Waals surface area contributed by atoms with Crippen molar-refractivity contribution >= 4 is 5.91 Å². The molecule has 0 bridgehead atoms. The van der Waals surface area contributed by atoms with Crippen LogP contribution in [-0.4, -0.2) is 43.7 Å². The van der Waals surface area contributed by atoms with Gasteiger partial charge in [-0.2, -0.15) is 0 Å². The van der Waals surface area contributed by atoms with Crippen LogP contribution in [0.5, 0.6) is 11.5 Å². The number of halogens is 1. The lowest BCUT2D eigenvalue weighted by atomic mass is 9.99. The van der Waals surface area contributed by atoms with Crippen LogP contribution < -0.4 is 9.47 Å². The molecular formula is C21H26FNO4. The zero-order valence-corrected chi connectivity index (χ0v) is 16.1. The zero-order chi connectivity index (χ0) is 20.0. The van der Waals surface area contributed by atoms with Gasteiger partial charge in [0.05, 0.1) is 26.9 Å². The number of benzene rings is 2. The van der Waals surface area contributed by atoms with Gasteiger partial charge in [0.1, 0.15) is 5.82 Å². The molecular weight excluding hydrogens is 349 g/mol. The third-order valence-corrected chi connectivity index (χ3v) is 4.52. The Kier molecular flexibility index (Phi) is 7.19. The number of amides is 1. The van der Waals surface area contributed by atoms with Crippen molar-refractivity contribution in [1.82, 2.24) is 4.90 Å². The second-order valence-electron chi connectivity index (χ2n) is 6.55. The van der Waals surface area contributed by atoms with Gasteiger partial charge in [-0.05, 0) is 35.7 Å². The predicted octanol–water partition coefficient (Wildman–Crippen LogP) is 3.21.